The van der Waals surface area contributed by atoms with Gasteiger partial charge in [-0.2, -0.15) is 0 Å². The van der Waals surface area contributed by atoms with Crippen molar-refractivity contribution >= 4 is 54.3 Å². The van der Waals surface area contributed by atoms with Crippen LogP contribution in [-0.2, 0) is 0 Å². The molecule has 0 radical (unpaired) electrons. The van der Waals surface area contributed by atoms with Gasteiger partial charge in [-0.3, -0.25) is 0 Å². The van der Waals surface area contributed by atoms with E-state index in [0.29, 0.717) is 0 Å². The predicted molar refractivity (Wildman–Crippen MR) is 208 cm³/mol. The highest BCUT2D eigenvalue weighted by Gasteiger charge is 2.23. The zero-order valence-electron chi connectivity index (χ0n) is 26.7. The van der Waals surface area contributed by atoms with Gasteiger partial charge in [0.25, 0.3) is 0 Å². The van der Waals surface area contributed by atoms with E-state index in [-0.39, 0.29) is 0 Å². The fourth-order valence-electron chi connectivity index (χ4n) is 7.95. The van der Waals surface area contributed by atoms with Gasteiger partial charge in [0.1, 0.15) is 11.2 Å². The summed E-state index contributed by atoms with van der Waals surface area (Å²) in [6.07, 6.45) is 0. The Hall–Kier alpha value is -6.44. The van der Waals surface area contributed by atoms with E-state index < -0.39 is 0 Å². The maximum absolute atomic E-state index is 6.24. The Bertz CT molecular complexity index is 2810. The molecule has 1 aromatic heterocycles. The van der Waals surface area contributed by atoms with E-state index >= 15 is 0 Å². The molecule has 10 rings (SSSR count). The van der Waals surface area contributed by atoms with Crippen molar-refractivity contribution < 1.29 is 4.42 Å². The third-order valence-electron chi connectivity index (χ3n) is 10.1. The van der Waals surface area contributed by atoms with E-state index in [4.69, 9.17) is 4.42 Å². The first kappa shape index (κ1) is 27.7. The molecule has 228 valence electrons. The Morgan fingerprint density at radius 1 is 0.265 bits per heavy atom. The van der Waals surface area contributed by atoms with Crippen molar-refractivity contribution in [3.63, 3.8) is 0 Å². The Kier molecular flexibility index (Phi) is 6.25. The molecule has 0 fully saturated rings. The van der Waals surface area contributed by atoms with Crippen LogP contribution in [0.1, 0.15) is 0 Å². The molecular weight excluding hydrogens is 593 g/mol. The summed E-state index contributed by atoms with van der Waals surface area (Å²) < 4.78 is 6.24. The maximum atomic E-state index is 6.24. The van der Waals surface area contributed by atoms with Crippen molar-refractivity contribution in [1.82, 2.24) is 0 Å². The van der Waals surface area contributed by atoms with Gasteiger partial charge >= 0.3 is 0 Å². The normalized spacial score (nSPS) is 11.7. The Morgan fingerprint density at radius 3 is 1.55 bits per heavy atom. The van der Waals surface area contributed by atoms with Crippen LogP contribution < -0.4 is 0 Å². The van der Waals surface area contributed by atoms with Gasteiger partial charge in [-0.15, -0.1) is 0 Å². The number of hydrogen-bond donors (Lipinski definition) is 0. The molecule has 0 unspecified atom stereocenters. The number of fused-ring (bicyclic) bond motifs is 6. The standard InChI is InChI=1S/C48H30O/c1-2-14-32(15-3-1)35-24-13-26-38(36-25-12-17-31-16-4-5-18-34(31)36)47(35)48-41-22-8-6-20-39(41)46(40-21-7-9-23-42(40)48)33-28-29-45-43(30-33)37-19-10-11-27-44(37)49-45/h1-30H. The summed E-state index contributed by atoms with van der Waals surface area (Å²) in [6.45, 7) is 0. The fourth-order valence-corrected chi connectivity index (χ4v) is 7.95. The highest BCUT2D eigenvalue weighted by molar-refractivity contribution is 6.24. The van der Waals surface area contributed by atoms with Crippen molar-refractivity contribution in [2.24, 2.45) is 0 Å². The lowest BCUT2D eigenvalue weighted by molar-refractivity contribution is 0.669. The van der Waals surface area contributed by atoms with Gasteiger partial charge in [0.15, 0.2) is 0 Å². The molecule has 10 aromatic rings. The van der Waals surface area contributed by atoms with E-state index in [1.807, 2.05) is 12.1 Å². The largest absolute Gasteiger partial charge is 0.456 e. The molecule has 1 heteroatoms. The third-order valence-corrected chi connectivity index (χ3v) is 10.1. The van der Waals surface area contributed by atoms with E-state index in [2.05, 4.69) is 170 Å². The molecule has 0 atom stereocenters. The van der Waals surface area contributed by atoms with Crippen molar-refractivity contribution in [2.45, 2.75) is 0 Å². The molecule has 1 nitrogen and oxygen atoms in total. The predicted octanol–water partition coefficient (Wildman–Crippen LogP) is 13.7. The maximum Gasteiger partial charge on any atom is 0.135 e. The summed E-state index contributed by atoms with van der Waals surface area (Å²) in [5.41, 5.74) is 11.6. The highest BCUT2D eigenvalue weighted by Crippen LogP contribution is 2.50. The first-order valence-corrected chi connectivity index (χ1v) is 16.9. The third kappa shape index (κ3) is 4.33. The van der Waals surface area contributed by atoms with Crippen molar-refractivity contribution in [1.29, 1.82) is 0 Å². The summed E-state index contributed by atoms with van der Waals surface area (Å²) in [5, 5.41) is 9.70. The molecule has 0 saturated carbocycles. The second-order valence-corrected chi connectivity index (χ2v) is 12.8. The number of benzene rings is 9. The minimum atomic E-state index is 0.909. The first-order chi connectivity index (χ1) is 24.3. The summed E-state index contributed by atoms with van der Waals surface area (Å²) >= 11 is 0. The van der Waals surface area contributed by atoms with Gasteiger partial charge in [0, 0.05) is 10.8 Å². The van der Waals surface area contributed by atoms with Gasteiger partial charge < -0.3 is 4.42 Å². The number of furan rings is 1. The molecule has 49 heavy (non-hydrogen) atoms. The molecule has 0 aliphatic heterocycles. The summed E-state index contributed by atoms with van der Waals surface area (Å²) in [5.74, 6) is 0. The molecular formula is C48H30O. The quantitative estimate of drug-likeness (QED) is 0.178. The Morgan fingerprint density at radius 2 is 0.796 bits per heavy atom. The van der Waals surface area contributed by atoms with Crippen LogP contribution in [-0.4, -0.2) is 0 Å². The lowest BCUT2D eigenvalue weighted by Gasteiger charge is -2.23. The minimum Gasteiger partial charge on any atom is -0.456 e. The van der Waals surface area contributed by atoms with Crippen LogP contribution in [0.15, 0.2) is 186 Å². The van der Waals surface area contributed by atoms with Crippen molar-refractivity contribution in [3.05, 3.63) is 182 Å². The van der Waals surface area contributed by atoms with Crippen molar-refractivity contribution in [3.8, 4) is 44.5 Å². The summed E-state index contributed by atoms with van der Waals surface area (Å²) in [7, 11) is 0. The lowest BCUT2D eigenvalue weighted by Crippen LogP contribution is -1.95. The Labute approximate surface area is 284 Å². The number of rotatable bonds is 4. The van der Waals surface area contributed by atoms with Crippen LogP contribution in [0.4, 0.5) is 0 Å². The van der Waals surface area contributed by atoms with Gasteiger partial charge in [-0.25, -0.2) is 0 Å². The highest BCUT2D eigenvalue weighted by atomic mass is 16.3. The second-order valence-electron chi connectivity index (χ2n) is 12.8. The van der Waals surface area contributed by atoms with Gasteiger partial charge in [-0.1, -0.05) is 164 Å². The molecule has 0 bridgehead atoms. The molecule has 0 aliphatic carbocycles. The molecule has 0 spiro atoms. The molecule has 0 amide bonds. The van der Waals surface area contributed by atoms with Crippen LogP contribution in [0.25, 0.3) is 98.8 Å². The van der Waals surface area contributed by atoms with Crippen LogP contribution in [0, 0.1) is 0 Å². The lowest BCUT2D eigenvalue weighted by atomic mass is 9.80. The van der Waals surface area contributed by atoms with Gasteiger partial charge in [0.2, 0.25) is 0 Å². The molecule has 0 N–H and O–H groups in total. The topological polar surface area (TPSA) is 13.1 Å². The summed E-state index contributed by atoms with van der Waals surface area (Å²) in [6, 6.07) is 65.9. The second kappa shape index (κ2) is 11.1. The van der Waals surface area contributed by atoms with Crippen LogP contribution in [0.3, 0.4) is 0 Å². The van der Waals surface area contributed by atoms with E-state index in [1.165, 1.54) is 76.8 Å². The average Bonchev–Trinajstić information content (AvgIpc) is 3.55. The van der Waals surface area contributed by atoms with E-state index in [9.17, 15) is 0 Å². The van der Waals surface area contributed by atoms with Crippen LogP contribution in [0.2, 0.25) is 0 Å². The van der Waals surface area contributed by atoms with E-state index in [1.54, 1.807) is 0 Å². The Balaban J connectivity index is 1.35. The first-order valence-electron chi connectivity index (χ1n) is 16.9. The van der Waals surface area contributed by atoms with Gasteiger partial charge in [-0.05, 0) is 95.0 Å². The number of hydrogen-bond acceptors (Lipinski definition) is 1. The van der Waals surface area contributed by atoms with E-state index in [0.717, 1.165) is 21.9 Å². The summed E-state index contributed by atoms with van der Waals surface area (Å²) in [4.78, 5) is 0. The minimum absolute atomic E-state index is 0.909. The molecule has 1 heterocycles. The number of para-hydroxylation sites is 1. The molecule has 9 aromatic carbocycles. The smallest absolute Gasteiger partial charge is 0.135 e. The van der Waals surface area contributed by atoms with Crippen LogP contribution >= 0.6 is 0 Å². The van der Waals surface area contributed by atoms with Crippen LogP contribution in [0.5, 0.6) is 0 Å². The zero-order chi connectivity index (χ0) is 32.3. The average molecular weight is 623 g/mol. The zero-order valence-corrected chi connectivity index (χ0v) is 26.7. The fraction of sp³-hybridized carbons (Fsp3) is 0. The van der Waals surface area contributed by atoms with Crippen molar-refractivity contribution in [2.75, 3.05) is 0 Å². The molecule has 0 aliphatic rings. The molecule has 0 saturated heterocycles. The monoisotopic (exact) mass is 622 g/mol. The SMILES string of the molecule is c1ccc(-c2cccc(-c3cccc4ccccc34)c2-c2c3ccccc3c(-c3ccc4oc5ccccc5c4c3)c3ccccc23)cc1. The van der Waals surface area contributed by atoms with Gasteiger partial charge in [0.05, 0.1) is 0 Å².